The van der Waals surface area contributed by atoms with E-state index in [4.69, 9.17) is 9.47 Å². The SMILES string of the molecule is CCOc1cc(Nc2nc(O)nc(Nc3ccc(C(=O)O)c(C)c3)n2)c(OCC)cc1NC(=O)c1ccccc1. The quantitative estimate of drug-likeness (QED) is 0.170. The average molecular weight is 545 g/mol. The summed E-state index contributed by atoms with van der Waals surface area (Å²) in [5, 5.41) is 28.2. The number of aryl methyl sites for hydroxylation is 1. The Hall–Kier alpha value is -5.39. The first-order valence-electron chi connectivity index (χ1n) is 12.4. The van der Waals surface area contributed by atoms with E-state index in [1.165, 1.54) is 6.07 Å². The fourth-order valence-electron chi connectivity index (χ4n) is 3.80. The predicted molar refractivity (Wildman–Crippen MR) is 149 cm³/mol. The highest BCUT2D eigenvalue weighted by molar-refractivity contribution is 6.05. The highest BCUT2D eigenvalue weighted by Gasteiger charge is 2.17. The fraction of sp³-hybridized carbons (Fsp3) is 0.179. The maximum atomic E-state index is 12.8. The Bertz CT molecular complexity index is 1530. The molecular weight excluding hydrogens is 516 g/mol. The van der Waals surface area contributed by atoms with E-state index in [2.05, 4.69) is 30.9 Å². The van der Waals surface area contributed by atoms with E-state index in [1.54, 1.807) is 55.5 Å². The number of hydrogen-bond donors (Lipinski definition) is 5. The fourth-order valence-corrected chi connectivity index (χ4v) is 3.80. The van der Waals surface area contributed by atoms with Gasteiger partial charge in [0, 0.05) is 23.4 Å². The van der Waals surface area contributed by atoms with Gasteiger partial charge in [0.25, 0.3) is 5.91 Å². The predicted octanol–water partition coefficient (Wildman–Crippen LogP) is 5.12. The number of anilines is 5. The number of carboxylic acids is 1. The summed E-state index contributed by atoms with van der Waals surface area (Å²) in [6.07, 6.45) is 0. The molecule has 0 aliphatic rings. The van der Waals surface area contributed by atoms with Gasteiger partial charge in [-0.05, 0) is 56.7 Å². The van der Waals surface area contributed by atoms with Gasteiger partial charge in [0.05, 0.1) is 30.2 Å². The van der Waals surface area contributed by atoms with Gasteiger partial charge in [0.1, 0.15) is 11.5 Å². The summed E-state index contributed by atoms with van der Waals surface area (Å²) in [5.74, 6) is -0.567. The second-order valence-electron chi connectivity index (χ2n) is 8.40. The van der Waals surface area contributed by atoms with E-state index in [1.807, 2.05) is 19.9 Å². The van der Waals surface area contributed by atoms with E-state index in [9.17, 15) is 19.8 Å². The van der Waals surface area contributed by atoms with Gasteiger partial charge >= 0.3 is 12.0 Å². The zero-order chi connectivity index (χ0) is 28.6. The van der Waals surface area contributed by atoms with Crippen molar-refractivity contribution in [1.29, 1.82) is 0 Å². The van der Waals surface area contributed by atoms with Crippen LogP contribution < -0.4 is 25.4 Å². The van der Waals surface area contributed by atoms with Gasteiger partial charge in [-0.1, -0.05) is 18.2 Å². The maximum Gasteiger partial charge on any atom is 0.335 e. The molecular formula is C28H28N6O6. The Kier molecular flexibility index (Phi) is 8.59. The molecule has 0 atom stereocenters. The lowest BCUT2D eigenvalue weighted by Gasteiger charge is -2.18. The lowest BCUT2D eigenvalue weighted by atomic mass is 10.1. The second-order valence-corrected chi connectivity index (χ2v) is 8.40. The third-order valence-electron chi connectivity index (χ3n) is 5.55. The van der Waals surface area contributed by atoms with Crippen LogP contribution in [0.15, 0.2) is 60.7 Å². The van der Waals surface area contributed by atoms with Crippen LogP contribution >= 0.6 is 0 Å². The van der Waals surface area contributed by atoms with Crippen molar-refractivity contribution >= 4 is 40.8 Å². The lowest BCUT2D eigenvalue weighted by molar-refractivity contribution is 0.0696. The minimum atomic E-state index is -1.03. The van der Waals surface area contributed by atoms with Gasteiger partial charge in [-0.15, -0.1) is 0 Å². The molecule has 0 radical (unpaired) electrons. The topological polar surface area (TPSA) is 168 Å². The van der Waals surface area contributed by atoms with Crippen molar-refractivity contribution < 1.29 is 29.3 Å². The maximum absolute atomic E-state index is 12.8. The average Bonchev–Trinajstić information content (AvgIpc) is 2.91. The minimum Gasteiger partial charge on any atom is -0.492 e. The molecule has 0 bridgehead atoms. The normalized spacial score (nSPS) is 10.5. The van der Waals surface area contributed by atoms with Gasteiger partial charge in [-0.3, -0.25) is 4.79 Å². The molecule has 4 rings (SSSR count). The number of hydrogen-bond acceptors (Lipinski definition) is 10. The number of carbonyl (C=O) groups excluding carboxylic acids is 1. The van der Waals surface area contributed by atoms with E-state index >= 15 is 0 Å². The van der Waals surface area contributed by atoms with E-state index in [-0.39, 0.29) is 23.4 Å². The summed E-state index contributed by atoms with van der Waals surface area (Å²) in [6, 6.07) is 16.2. The molecule has 40 heavy (non-hydrogen) atoms. The summed E-state index contributed by atoms with van der Waals surface area (Å²) >= 11 is 0. The molecule has 4 aromatic rings. The Balaban J connectivity index is 1.63. The van der Waals surface area contributed by atoms with Crippen LogP contribution in [0.5, 0.6) is 17.5 Å². The first kappa shape index (κ1) is 27.6. The molecule has 12 nitrogen and oxygen atoms in total. The Morgan fingerprint density at radius 1 is 0.825 bits per heavy atom. The molecule has 12 heteroatoms. The van der Waals surface area contributed by atoms with Gasteiger partial charge in [-0.25, -0.2) is 4.79 Å². The highest BCUT2D eigenvalue weighted by atomic mass is 16.5. The van der Waals surface area contributed by atoms with Crippen molar-refractivity contribution in [3.8, 4) is 17.5 Å². The summed E-state index contributed by atoms with van der Waals surface area (Å²) in [5.41, 5.74) is 2.54. The van der Waals surface area contributed by atoms with Crippen LogP contribution in [-0.4, -0.2) is 50.3 Å². The van der Waals surface area contributed by atoms with Crippen LogP contribution in [-0.2, 0) is 0 Å². The van der Waals surface area contributed by atoms with Crippen molar-refractivity contribution in [2.75, 3.05) is 29.2 Å². The molecule has 1 heterocycles. The third kappa shape index (κ3) is 6.72. The van der Waals surface area contributed by atoms with E-state index < -0.39 is 12.0 Å². The van der Waals surface area contributed by atoms with Crippen molar-refractivity contribution in [3.63, 3.8) is 0 Å². The van der Waals surface area contributed by atoms with Crippen molar-refractivity contribution in [1.82, 2.24) is 15.0 Å². The Labute approximate surface area is 230 Å². The number of carboxylic acid groups (broad SMARTS) is 1. The zero-order valence-electron chi connectivity index (χ0n) is 22.1. The van der Waals surface area contributed by atoms with Crippen LogP contribution in [0.3, 0.4) is 0 Å². The van der Waals surface area contributed by atoms with Crippen LogP contribution in [0.4, 0.5) is 29.0 Å². The van der Waals surface area contributed by atoms with Gasteiger partial charge in [0.15, 0.2) is 0 Å². The largest absolute Gasteiger partial charge is 0.492 e. The number of carbonyl (C=O) groups is 2. The smallest absolute Gasteiger partial charge is 0.335 e. The first-order valence-corrected chi connectivity index (χ1v) is 12.4. The summed E-state index contributed by atoms with van der Waals surface area (Å²) in [7, 11) is 0. The number of nitrogens with one attached hydrogen (secondary N) is 3. The monoisotopic (exact) mass is 544 g/mol. The van der Waals surface area contributed by atoms with Gasteiger partial charge < -0.3 is 35.6 Å². The molecule has 0 spiro atoms. The molecule has 0 aliphatic carbocycles. The first-order chi connectivity index (χ1) is 19.3. The van der Waals surface area contributed by atoms with Crippen LogP contribution in [0, 0.1) is 6.92 Å². The number of aromatic carboxylic acids is 1. The molecule has 0 saturated carbocycles. The van der Waals surface area contributed by atoms with Gasteiger partial charge in [0.2, 0.25) is 11.9 Å². The van der Waals surface area contributed by atoms with Gasteiger partial charge in [-0.2, -0.15) is 15.0 Å². The molecule has 0 fully saturated rings. The van der Waals surface area contributed by atoms with Crippen LogP contribution in [0.1, 0.15) is 40.1 Å². The number of ether oxygens (including phenoxy) is 2. The Morgan fingerprint density at radius 2 is 1.45 bits per heavy atom. The molecule has 0 saturated heterocycles. The highest BCUT2D eigenvalue weighted by Crippen LogP contribution is 2.38. The summed E-state index contributed by atoms with van der Waals surface area (Å²) < 4.78 is 11.6. The summed E-state index contributed by atoms with van der Waals surface area (Å²) in [6.45, 7) is 5.97. The number of rotatable bonds is 11. The molecule has 5 N–H and O–H groups in total. The van der Waals surface area contributed by atoms with E-state index in [0.29, 0.717) is 52.9 Å². The van der Waals surface area contributed by atoms with Crippen LogP contribution in [0.25, 0.3) is 0 Å². The van der Waals surface area contributed by atoms with Crippen molar-refractivity contribution in [2.45, 2.75) is 20.8 Å². The number of nitrogens with zero attached hydrogens (tertiary/aromatic N) is 3. The molecule has 1 amide bonds. The number of benzene rings is 3. The standard InChI is InChI=1S/C28H28N6O6/c1-4-39-22-15-21(23(40-5-2)14-20(22)30-24(35)17-9-7-6-8-10-17)31-27-32-26(33-28(38)34-27)29-18-11-12-19(25(36)37)16(3)13-18/h6-15H,4-5H2,1-3H3,(H,30,35)(H,36,37)(H3,29,31,32,33,34,38). The van der Waals surface area contributed by atoms with Crippen molar-refractivity contribution in [2.24, 2.45) is 0 Å². The molecule has 3 aromatic carbocycles. The second kappa shape index (κ2) is 12.4. The zero-order valence-corrected chi connectivity index (χ0v) is 22.1. The lowest BCUT2D eigenvalue weighted by Crippen LogP contribution is -2.13. The third-order valence-corrected chi connectivity index (χ3v) is 5.55. The molecule has 0 unspecified atom stereocenters. The minimum absolute atomic E-state index is 0.00153. The van der Waals surface area contributed by atoms with Crippen LogP contribution in [0.2, 0.25) is 0 Å². The number of aromatic hydroxyl groups is 1. The summed E-state index contributed by atoms with van der Waals surface area (Å²) in [4.78, 5) is 36.3. The Morgan fingerprint density at radius 3 is 2.08 bits per heavy atom. The number of amides is 1. The molecule has 0 aliphatic heterocycles. The van der Waals surface area contributed by atoms with E-state index in [0.717, 1.165) is 0 Å². The number of aromatic nitrogens is 3. The van der Waals surface area contributed by atoms with Crippen molar-refractivity contribution in [3.05, 3.63) is 77.4 Å². The molecule has 1 aromatic heterocycles. The molecule has 206 valence electrons.